The third-order valence-electron chi connectivity index (χ3n) is 4.28. The van der Waals surface area contributed by atoms with Gasteiger partial charge in [0, 0.05) is 18.6 Å². The van der Waals surface area contributed by atoms with E-state index in [1.54, 1.807) is 0 Å². The molecule has 2 unspecified atom stereocenters. The van der Waals surface area contributed by atoms with Crippen LogP contribution in [0.2, 0.25) is 0 Å². The summed E-state index contributed by atoms with van der Waals surface area (Å²) in [6.07, 6.45) is 3.61. The number of carbonyl (C=O) groups is 1. The molecule has 0 aromatic heterocycles. The average molecular weight is 224 g/mol. The summed E-state index contributed by atoms with van der Waals surface area (Å²) in [5.74, 6) is 1.09. The smallest absolute Gasteiger partial charge is 0.227 e. The minimum absolute atomic E-state index is 0.211. The van der Waals surface area contributed by atoms with Crippen LogP contribution in [-0.2, 0) is 4.79 Å². The van der Waals surface area contributed by atoms with Crippen molar-refractivity contribution >= 4 is 5.91 Å². The van der Waals surface area contributed by atoms with E-state index in [1.165, 1.54) is 19.3 Å². The maximum atomic E-state index is 12.5. The summed E-state index contributed by atoms with van der Waals surface area (Å²) in [4.78, 5) is 14.7. The summed E-state index contributed by atoms with van der Waals surface area (Å²) >= 11 is 0. The summed E-state index contributed by atoms with van der Waals surface area (Å²) in [5, 5.41) is 3.32. The molecule has 2 heterocycles. The molecule has 2 saturated heterocycles. The van der Waals surface area contributed by atoms with Crippen molar-refractivity contribution < 1.29 is 4.79 Å². The standard InChI is InChI=1S/C13H24N2O/c1-9-7-14-8-12(9)13(16)15-10(2)5-4-6-11(15)3/h9-12,14H,4-8H2,1-3H3/t9-,10?,11?,12-/m1/s1. The van der Waals surface area contributed by atoms with Crippen molar-refractivity contribution in [2.75, 3.05) is 13.1 Å². The second-order valence-electron chi connectivity index (χ2n) is 5.62. The minimum Gasteiger partial charge on any atom is -0.337 e. The summed E-state index contributed by atoms with van der Waals surface area (Å²) in [6.45, 7) is 8.44. The van der Waals surface area contributed by atoms with Crippen LogP contribution >= 0.6 is 0 Å². The topological polar surface area (TPSA) is 32.3 Å². The molecule has 0 spiro atoms. The molecule has 1 amide bonds. The second-order valence-corrected chi connectivity index (χ2v) is 5.62. The molecule has 2 fully saturated rings. The van der Waals surface area contributed by atoms with Gasteiger partial charge in [-0.25, -0.2) is 0 Å². The van der Waals surface area contributed by atoms with E-state index in [4.69, 9.17) is 0 Å². The Hall–Kier alpha value is -0.570. The zero-order chi connectivity index (χ0) is 11.7. The third kappa shape index (κ3) is 2.10. The van der Waals surface area contributed by atoms with Gasteiger partial charge in [0.25, 0.3) is 0 Å². The van der Waals surface area contributed by atoms with E-state index in [2.05, 4.69) is 31.0 Å². The van der Waals surface area contributed by atoms with Crippen LogP contribution in [0.15, 0.2) is 0 Å². The molecule has 0 aromatic rings. The van der Waals surface area contributed by atoms with Gasteiger partial charge in [0.1, 0.15) is 0 Å². The normalized spacial score (nSPS) is 40.1. The molecule has 0 saturated carbocycles. The van der Waals surface area contributed by atoms with Gasteiger partial charge in [-0.2, -0.15) is 0 Å². The fourth-order valence-electron chi connectivity index (χ4n) is 3.19. The number of hydrogen-bond acceptors (Lipinski definition) is 2. The molecular weight excluding hydrogens is 200 g/mol. The van der Waals surface area contributed by atoms with Gasteiger partial charge in [-0.15, -0.1) is 0 Å². The van der Waals surface area contributed by atoms with Crippen molar-refractivity contribution in [2.24, 2.45) is 11.8 Å². The highest BCUT2D eigenvalue weighted by Crippen LogP contribution is 2.27. The molecule has 92 valence electrons. The summed E-state index contributed by atoms with van der Waals surface area (Å²) < 4.78 is 0. The van der Waals surface area contributed by atoms with E-state index in [-0.39, 0.29) is 5.92 Å². The lowest BCUT2D eigenvalue weighted by Crippen LogP contribution is -2.51. The summed E-state index contributed by atoms with van der Waals surface area (Å²) in [5.41, 5.74) is 0. The predicted molar refractivity (Wildman–Crippen MR) is 65.1 cm³/mol. The van der Waals surface area contributed by atoms with Crippen LogP contribution in [0.3, 0.4) is 0 Å². The van der Waals surface area contributed by atoms with Crippen LogP contribution in [0.4, 0.5) is 0 Å². The first-order chi connectivity index (χ1) is 7.61. The number of amides is 1. The Morgan fingerprint density at radius 1 is 1.12 bits per heavy atom. The van der Waals surface area contributed by atoms with Crippen molar-refractivity contribution in [1.82, 2.24) is 10.2 Å². The van der Waals surface area contributed by atoms with E-state index in [0.717, 1.165) is 13.1 Å². The van der Waals surface area contributed by atoms with E-state index < -0.39 is 0 Å². The van der Waals surface area contributed by atoms with Crippen molar-refractivity contribution in [2.45, 2.75) is 52.1 Å². The number of nitrogens with zero attached hydrogens (tertiary/aromatic N) is 1. The van der Waals surface area contributed by atoms with Crippen LogP contribution in [0.5, 0.6) is 0 Å². The molecule has 1 N–H and O–H groups in total. The lowest BCUT2D eigenvalue weighted by atomic mass is 9.91. The molecule has 3 heteroatoms. The maximum absolute atomic E-state index is 12.5. The highest BCUT2D eigenvalue weighted by atomic mass is 16.2. The van der Waals surface area contributed by atoms with Crippen LogP contribution in [0, 0.1) is 11.8 Å². The molecule has 2 aliphatic rings. The zero-order valence-corrected chi connectivity index (χ0v) is 10.7. The highest BCUT2D eigenvalue weighted by molar-refractivity contribution is 5.80. The Bertz CT molecular complexity index is 257. The van der Waals surface area contributed by atoms with Crippen LogP contribution < -0.4 is 5.32 Å². The van der Waals surface area contributed by atoms with Crippen molar-refractivity contribution in [3.63, 3.8) is 0 Å². The predicted octanol–water partition coefficient (Wildman–Crippen LogP) is 1.63. The SMILES string of the molecule is CC1CCCC(C)N1C(=O)[C@@H]1CNC[C@H]1C. The lowest BCUT2D eigenvalue weighted by Gasteiger charge is -2.41. The van der Waals surface area contributed by atoms with Gasteiger partial charge in [-0.1, -0.05) is 6.92 Å². The van der Waals surface area contributed by atoms with Gasteiger partial charge < -0.3 is 10.2 Å². The van der Waals surface area contributed by atoms with E-state index in [1.807, 2.05) is 0 Å². The monoisotopic (exact) mass is 224 g/mol. The molecule has 0 aliphatic carbocycles. The number of likely N-dealkylation sites (tertiary alicyclic amines) is 1. The van der Waals surface area contributed by atoms with Gasteiger partial charge >= 0.3 is 0 Å². The lowest BCUT2D eigenvalue weighted by molar-refractivity contribution is -0.142. The van der Waals surface area contributed by atoms with Gasteiger partial charge in [0.15, 0.2) is 0 Å². The Morgan fingerprint density at radius 3 is 2.25 bits per heavy atom. The molecule has 2 aliphatic heterocycles. The minimum atomic E-state index is 0.211. The van der Waals surface area contributed by atoms with Crippen LogP contribution in [0.1, 0.15) is 40.0 Å². The van der Waals surface area contributed by atoms with Gasteiger partial charge in [0.05, 0.1) is 5.92 Å². The summed E-state index contributed by atoms with van der Waals surface area (Å²) in [7, 11) is 0. The molecule has 3 nitrogen and oxygen atoms in total. The fraction of sp³-hybridized carbons (Fsp3) is 0.923. The van der Waals surface area contributed by atoms with Crippen LogP contribution in [0.25, 0.3) is 0 Å². The summed E-state index contributed by atoms with van der Waals surface area (Å²) in [6, 6.07) is 0.869. The number of hydrogen-bond donors (Lipinski definition) is 1. The maximum Gasteiger partial charge on any atom is 0.227 e. The van der Waals surface area contributed by atoms with Gasteiger partial charge in [0.2, 0.25) is 5.91 Å². The number of carbonyl (C=O) groups excluding carboxylic acids is 1. The first-order valence-corrected chi connectivity index (χ1v) is 6.64. The Labute approximate surface area is 98.6 Å². The Morgan fingerprint density at radius 2 is 1.75 bits per heavy atom. The molecule has 2 rings (SSSR count). The van der Waals surface area contributed by atoms with Crippen molar-refractivity contribution in [3.05, 3.63) is 0 Å². The van der Waals surface area contributed by atoms with Crippen LogP contribution in [-0.4, -0.2) is 36.0 Å². The molecule has 16 heavy (non-hydrogen) atoms. The average Bonchev–Trinajstić information content (AvgIpc) is 2.64. The molecule has 0 bridgehead atoms. The Balaban J connectivity index is 2.07. The fourth-order valence-corrected chi connectivity index (χ4v) is 3.19. The van der Waals surface area contributed by atoms with Crippen molar-refractivity contribution in [3.8, 4) is 0 Å². The quantitative estimate of drug-likeness (QED) is 0.734. The first-order valence-electron chi connectivity index (χ1n) is 6.64. The number of nitrogens with one attached hydrogen (secondary N) is 1. The van der Waals surface area contributed by atoms with E-state index in [9.17, 15) is 4.79 Å². The zero-order valence-electron chi connectivity index (χ0n) is 10.7. The number of rotatable bonds is 1. The third-order valence-corrected chi connectivity index (χ3v) is 4.28. The highest BCUT2D eigenvalue weighted by Gasteiger charge is 2.37. The Kier molecular flexibility index (Phi) is 3.53. The molecule has 0 radical (unpaired) electrons. The molecular formula is C13H24N2O. The van der Waals surface area contributed by atoms with Gasteiger partial charge in [-0.3, -0.25) is 4.79 Å². The molecule has 0 aromatic carbocycles. The molecule has 4 atom stereocenters. The second kappa shape index (κ2) is 4.74. The van der Waals surface area contributed by atoms with E-state index in [0.29, 0.717) is 23.9 Å². The van der Waals surface area contributed by atoms with Gasteiger partial charge in [-0.05, 0) is 45.6 Å². The van der Waals surface area contributed by atoms with Crippen molar-refractivity contribution in [1.29, 1.82) is 0 Å². The van der Waals surface area contributed by atoms with E-state index >= 15 is 0 Å². The largest absolute Gasteiger partial charge is 0.337 e. The first kappa shape index (κ1) is 11.9. The number of piperidine rings is 1.